The van der Waals surface area contributed by atoms with Crippen LogP contribution in [0.25, 0.3) is 0 Å². The largest absolute Gasteiger partial charge is 0.493 e. The minimum atomic E-state index is -2.41. The fourth-order valence-corrected chi connectivity index (χ4v) is 2.32. The first-order valence-electron chi connectivity index (χ1n) is 5.51. The first kappa shape index (κ1) is 12.6. The second kappa shape index (κ2) is 5.19. The number of nitrogens with one attached hydrogen (secondary N) is 1. The van der Waals surface area contributed by atoms with E-state index in [2.05, 4.69) is 5.32 Å². The Hall–Kier alpha value is -0.870. The summed E-state index contributed by atoms with van der Waals surface area (Å²) in [6.07, 6.45) is -1.39. The zero-order chi connectivity index (χ0) is 12.4. The van der Waals surface area contributed by atoms with Crippen LogP contribution in [0.3, 0.4) is 0 Å². The predicted molar refractivity (Wildman–Crippen MR) is 63.2 cm³/mol. The van der Waals surface area contributed by atoms with Crippen LogP contribution in [-0.2, 0) is 12.8 Å². The van der Waals surface area contributed by atoms with Crippen LogP contribution in [0.1, 0.15) is 11.1 Å². The van der Waals surface area contributed by atoms with Crippen molar-refractivity contribution in [3.8, 4) is 5.75 Å². The van der Waals surface area contributed by atoms with Crippen molar-refractivity contribution in [2.24, 2.45) is 0 Å². The van der Waals surface area contributed by atoms with Crippen LogP contribution in [0.4, 0.5) is 8.78 Å². The molecule has 0 aliphatic carbocycles. The third-order valence-corrected chi connectivity index (χ3v) is 3.16. The lowest BCUT2D eigenvalue weighted by atomic mass is 10.0. The minimum Gasteiger partial charge on any atom is -0.493 e. The van der Waals surface area contributed by atoms with E-state index in [9.17, 15) is 8.78 Å². The molecule has 1 unspecified atom stereocenters. The molecule has 1 aliphatic rings. The van der Waals surface area contributed by atoms with E-state index >= 15 is 0 Å². The van der Waals surface area contributed by atoms with Crippen LogP contribution in [-0.4, -0.2) is 26.1 Å². The van der Waals surface area contributed by atoms with Crippen molar-refractivity contribution in [1.29, 1.82) is 0 Å². The Balaban J connectivity index is 2.26. The van der Waals surface area contributed by atoms with Crippen LogP contribution in [0.2, 0.25) is 5.02 Å². The molecule has 0 fully saturated rings. The molecule has 1 aliphatic heterocycles. The molecule has 2 nitrogen and oxygen atoms in total. The van der Waals surface area contributed by atoms with Gasteiger partial charge in [0.15, 0.2) is 0 Å². The first-order chi connectivity index (χ1) is 8.11. The highest BCUT2D eigenvalue weighted by Gasteiger charge is 2.24. The van der Waals surface area contributed by atoms with Gasteiger partial charge in [-0.2, -0.15) is 0 Å². The molecule has 0 spiro atoms. The van der Waals surface area contributed by atoms with E-state index in [0.717, 1.165) is 23.3 Å². The summed E-state index contributed by atoms with van der Waals surface area (Å²) in [5.74, 6) is 0.732. The summed E-state index contributed by atoms with van der Waals surface area (Å²) in [7, 11) is 1.53. The Morgan fingerprint density at radius 1 is 1.47 bits per heavy atom. The maximum absolute atomic E-state index is 12.7. The minimum absolute atomic E-state index is 0.219. The van der Waals surface area contributed by atoms with Gasteiger partial charge in [-0.25, -0.2) is 8.78 Å². The molecule has 1 N–H and O–H groups in total. The summed E-state index contributed by atoms with van der Waals surface area (Å²) >= 11 is 5.97. The zero-order valence-electron chi connectivity index (χ0n) is 9.47. The lowest BCUT2D eigenvalue weighted by Crippen LogP contribution is -2.34. The molecule has 1 atom stereocenters. The van der Waals surface area contributed by atoms with Crippen molar-refractivity contribution in [2.75, 3.05) is 13.7 Å². The second-order valence-corrected chi connectivity index (χ2v) is 4.52. The van der Waals surface area contributed by atoms with Gasteiger partial charge in [0.05, 0.1) is 12.6 Å². The second-order valence-electron chi connectivity index (χ2n) is 4.09. The van der Waals surface area contributed by atoms with Gasteiger partial charge in [0.2, 0.25) is 0 Å². The van der Waals surface area contributed by atoms with Crippen molar-refractivity contribution in [1.82, 2.24) is 5.32 Å². The van der Waals surface area contributed by atoms with Gasteiger partial charge in [-0.15, -0.1) is 0 Å². The van der Waals surface area contributed by atoms with E-state index in [-0.39, 0.29) is 6.42 Å². The number of likely N-dealkylation sites (N-methyl/N-ethyl adjacent to an activating group) is 1. The van der Waals surface area contributed by atoms with E-state index in [1.54, 1.807) is 6.07 Å². The monoisotopic (exact) mass is 261 g/mol. The fraction of sp³-hybridized carbons (Fsp3) is 0.500. The zero-order valence-corrected chi connectivity index (χ0v) is 10.2. The van der Waals surface area contributed by atoms with Gasteiger partial charge < -0.3 is 10.1 Å². The van der Waals surface area contributed by atoms with Gasteiger partial charge >= 0.3 is 0 Å². The predicted octanol–water partition coefficient (Wildman–Crippen LogP) is 2.67. The number of rotatable bonds is 4. The lowest BCUT2D eigenvalue weighted by molar-refractivity contribution is 0.102. The number of halogens is 3. The van der Waals surface area contributed by atoms with Crippen LogP contribution in [0.15, 0.2) is 12.1 Å². The highest BCUT2D eigenvalue weighted by Crippen LogP contribution is 2.33. The third-order valence-electron chi connectivity index (χ3n) is 2.94. The Morgan fingerprint density at radius 2 is 2.24 bits per heavy atom. The summed E-state index contributed by atoms with van der Waals surface area (Å²) in [5.41, 5.74) is 1.77. The Morgan fingerprint density at radius 3 is 2.88 bits per heavy atom. The Bertz CT molecular complexity index is 412. The van der Waals surface area contributed by atoms with Gasteiger partial charge in [0, 0.05) is 11.4 Å². The third kappa shape index (κ3) is 2.69. The molecule has 17 heavy (non-hydrogen) atoms. The maximum atomic E-state index is 12.7. The average Bonchev–Trinajstić information content (AvgIpc) is 2.72. The lowest BCUT2D eigenvalue weighted by Gasteiger charge is -2.17. The quantitative estimate of drug-likeness (QED) is 0.900. The standard InChI is InChI=1S/C12H14ClF2NO/c1-16-10(12(14)15)6-8-5-9(13)4-7-2-3-17-11(7)8/h4-5,10,12,16H,2-3,6H2,1H3. The van der Waals surface area contributed by atoms with Crippen LogP contribution in [0.5, 0.6) is 5.75 Å². The number of fused-ring (bicyclic) bond motifs is 1. The van der Waals surface area contributed by atoms with E-state index in [4.69, 9.17) is 16.3 Å². The normalized spacial score (nSPS) is 15.8. The SMILES string of the molecule is CNC(Cc1cc(Cl)cc2c1OCC2)C(F)F. The molecular weight excluding hydrogens is 248 g/mol. The Labute approximate surface area is 104 Å². The number of benzene rings is 1. The van der Waals surface area contributed by atoms with Crippen molar-refractivity contribution >= 4 is 11.6 Å². The van der Waals surface area contributed by atoms with E-state index in [1.807, 2.05) is 6.07 Å². The fourth-order valence-electron chi connectivity index (χ4n) is 2.05. The summed E-state index contributed by atoms with van der Waals surface area (Å²) < 4.78 is 30.9. The number of alkyl halides is 2. The van der Waals surface area contributed by atoms with E-state index in [1.165, 1.54) is 7.05 Å². The molecule has 2 rings (SSSR count). The highest BCUT2D eigenvalue weighted by molar-refractivity contribution is 6.30. The van der Waals surface area contributed by atoms with Crippen molar-refractivity contribution in [3.05, 3.63) is 28.3 Å². The Kier molecular flexibility index (Phi) is 3.84. The topological polar surface area (TPSA) is 21.3 Å². The highest BCUT2D eigenvalue weighted by atomic mass is 35.5. The summed E-state index contributed by atoms with van der Waals surface area (Å²) in [6.45, 7) is 0.599. The molecule has 1 heterocycles. The van der Waals surface area contributed by atoms with Crippen LogP contribution >= 0.6 is 11.6 Å². The van der Waals surface area contributed by atoms with Crippen LogP contribution in [0, 0.1) is 0 Å². The van der Waals surface area contributed by atoms with Gasteiger partial charge in [-0.3, -0.25) is 0 Å². The molecule has 5 heteroatoms. The summed E-state index contributed by atoms with van der Waals surface area (Å²) in [6, 6.07) is 2.67. The molecule has 0 aromatic heterocycles. The summed E-state index contributed by atoms with van der Waals surface area (Å²) in [4.78, 5) is 0. The van der Waals surface area contributed by atoms with Gasteiger partial charge in [0.25, 0.3) is 6.43 Å². The first-order valence-corrected chi connectivity index (χ1v) is 5.89. The molecule has 0 saturated heterocycles. The number of hydrogen-bond acceptors (Lipinski definition) is 2. The van der Waals surface area contributed by atoms with Crippen molar-refractivity contribution in [2.45, 2.75) is 25.3 Å². The molecule has 0 bridgehead atoms. The van der Waals surface area contributed by atoms with E-state index < -0.39 is 12.5 Å². The van der Waals surface area contributed by atoms with Crippen LogP contribution < -0.4 is 10.1 Å². The molecule has 1 aromatic carbocycles. The molecule has 0 saturated carbocycles. The summed E-state index contributed by atoms with van der Waals surface area (Å²) in [5, 5.41) is 3.19. The molecule has 0 amide bonds. The molecule has 0 radical (unpaired) electrons. The van der Waals surface area contributed by atoms with Gasteiger partial charge in [-0.05, 0) is 36.7 Å². The number of ether oxygens (including phenoxy) is 1. The van der Waals surface area contributed by atoms with Gasteiger partial charge in [0.1, 0.15) is 5.75 Å². The van der Waals surface area contributed by atoms with Crippen molar-refractivity contribution in [3.63, 3.8) is 0 Å². The molecular formula is C12H14ClF2NO. The smallest absolute Gasteiger partial charge is 0.254 e. The molecule has 1 aromatic rings. The van der Waals surface area contributed by atoms with Crippen molar-refractivity contribution < 1.29 is 13.5 Å². The van der Waals surface area contributed by atoms with E-state index in [0.29, 0.717) is 11.6 Å². The number of hydrogen-bond donors (Lipinski definition) is 1. The van der Waals surface area contributed by atoms with Gasteiger partial charge in [-0.1, -0.05) is 11.6 Å². The maximum Gasteiger partial charge on any atom is 0.254 e. The molecule has 94 valence electrons. The average molecular weight is 262 g/mol.